The first-order valence-electron chi connectivity index (χ1n) is 8.41. The third-order valence-electron chi connectivity index (χ3n) is 3.39. The van der Waals surface area contributed by atoms with E-state index in [1.807, 2.05) is 6.92 Å². The molecule has 1 amide bonds. The molecule has 0 radical (unpaired) electrons. The molecule has 152 valence electrons. The number of hydroxylamine groups is 1. The highest BCUT2D eigenvalue weighted by Crippen LogP contribution is 2.31. The van der Waals surface area contributed by atoms with Crippen LogP contribution in [0, 0.1) is 0 Å². The summed E-state index contributed by atoms with van der Waals surface area (Å²) in [6, 6.07) is 6.56. The number of amides is 1. The van der Waals surface area contributed by atoms with Crippen molar-refractivity contribution in [1.82, 2.24) is 10.5 Å². The van der Waals surface area contributed by atoms with Gasteiger partial charge in [-0.3, -0.25) is 9.63 Å². The average molecular weight is 429 g/mol. The highest BCUT2D eigenvalue weighted by atomic mass is 35.5. The number of anilines is 3. The van der Waals surface area contributed by atoms with Crippen molar-refractivity contribution in [2.45, 2.75) is 13.8 Å². The second-order valence-electron chi connectivity index (χ2n) is 5.35. The molecular weight excluding hydrogens is 408 g/mol. The van der Waals surface area contributed by atoms with Crippen molar-refractivity contribution in [2.75, 3.05) is 29.7 Å². The largest absolute Gasteiger partial charge is 0.494 e. The van der Waals surface area contributed by atoms with Crippen molar-refractivity contribution >= 4 is 45.3 Å². The number of carbonyl (C=O) groups excluding carboxylic acids is 1. The molecule has 0 atom stereocenters. The lowest BCUT2D eigenvalue weighted by Crippen LogP contribution is -2.24. The molecule has 2 rings (SSSR count). The second kappa shape index (κ2) is 10.7. The van der Waals surface area contributed by atoms with Crippen LogP contribution in [0.2, 0.25) is 5.15 Å². The predicted octanol–water partition coefficient (Wildman–Crippen LogP) is 2.54. The summed E-state index contributed by atoms with van der Waals surface area (Å²) in [7, 11) is -2.63. The summed E-state index contributed by atoms with van der Waals surface area (Å²) in [5.41, 5.74) is 3.87. The number of ether oxygens (including phenoxy) is 1. The Kier molecular flexibility index (Phi) is 8.30. The molecule has 0 aliphatic heterocycles. The van der Waals surface area contributed by atoms with E-state index in [4.69, 9.17) is 21.2 Å². The van der Waals surface area contributed by atoms with Crippen molar-refractivity contribution in [3.8, 4) is 5.75 Å². The van der Waals surface area contributed by atoms with Crippen LogP contribution in [0.4, 0.5) is 17.1 Å². The Morgan fingerprint density at radius 2 is 1.93 bits per heavy atom. The first kappa shape index (κ1) is 21.7. The van der Waals surface area contributed by atoms with Crippen LogP contribution < -0.4 is 20.9 Å². The molecular formula is C17H21ClN4O5S. The molecule has 9 nitrogen and oxygen atoms in total. The SMILES string of the molecule is CCONC(=O)c1cnc(Cl)cc1Nc1ccc(OCC)cc1NC[SH](=O)=O. The van der Waals surface area contributed by atoms with Gasteiger partial charge in [0.25, 0.3) is 5.91 Å². The van der Waals surface area contributed by atoms with Crippen molar-refractivity contribution in [3.05, 3.63) is 41.2 Å². The molecule has 0 saturated heterocycles. The van der Waals surface area contributed by atoms with E-state index >= 15 is 0 Å². The van der Waals surface area contributed by atoms with Gasteiger partial charge in [-0.15, -0.1) is 0 Å². The number of hydrogen-bond donors (Lipinski definition) is 4. The molecule has 1 aromatic carbocycles. The molecule has 1 heterocycles. The van der Waals surface area contributed by atoms with Crippen LogP contribution in [-0.2, 0) is 15.5 Å². The number of halogens is 1. The van der Waals surface area contributed by atoms with Crippen LogP contribution >= 0.6 is 11.6 Å². The molecule has 0 spiro atoms. The topological polar surface area (TPSA) is 119 Å². The summed E-state index contributed by atoms with van der Waals surface area (Å²) in [6.07, 6.45) is 1.31. The maximum absolute atomic E-state index is 12.3. The Morgan fingerprint density at radius 3 is 2.61 bits per heavy atom. The quantitative estimate of drug-likeness (QED) is 0.259. The highest BCUT2D eigenvalue weighted by molar-refractivity contribution is 7.72. The first-order valence-corrected chi connectivity index (χ1v) is 10.2. The van der Waals surface area contributed by atoms with Crippen LogP contribution in [0.3, 0.4) is 0 Å². The number of nitrogens with zero attached hydrogens (tertiary/aromatic N) is 1. The van der Waals surface area contributed by atoms with Gasteiger partial charge >= 0.3 is 0 Å². The number of pyridine rings is 1. The Balaban J connectivity index is 2.37. The average Bonchev–Trinajstić information content (AvgIpc) is 2.66. The van der Waals surface area contributed by atoms with Crippen LogP contribution in [0.15, 0.2) is 30.5 Å². The van der Waals surface area contributed by atoms with Gasteiger partial charge in [0.15, 0.2) is 10.7 Å². The molecule has 28 heavy (non-hydrogen) atoms. The maximum Gasteiger partial charge on any atom is 0.278 e. The summed E-state index contributed by atoms with van der Waals surface area (Å²) in [6.45, 7) is 4.34. The molecule has 3 N–H and O–H groups in total. The van der Waals surface area contributed by atoms with E-state index in [2.05, 4.69) is 21.1 Å². The van der Waals surface area contributed by atoms with E-state index in [0.29, 0.717) is 36.0 Å². The molecule has 11 heteroatoms. The van der Waals surface area contributed by atoms with Crippen molar-refractivity contribution in [2.24, 2.45) is 0 Å². The summed E-state index contributed by atoms with van der Waals surface area (Å²) in [4.78, 5) is 21.1. The standard InChI is InChI=1S/C17H21ClN4O5S/c1-3-26-11-5-6-13(15(7-11)20-10-28(24)25)21-14-8-16(18)19-9-12(14)17(23)22-27-4-2/h5-9,20,28H,3-4,10H2,1-2H3,(H,19,21)(H,22,23). The van der Waals surface area contributed by atoms with E-state index < -0.39 is 16.6 Å². The zero-order valence-corrected chi connectivity index (χ0v) is 17.0. The molecule has 0 saturated carbocycles. The fraction of sp³-hybridized carbons (Fsp3) is 0.294. The Morgan fingerprint density at radius 1 is 1.14 bits per heavy atom. The van der Waals surface area contributed by atoms with Crippen LogP contribution in [-0.4, -0.2) is 38.4 Å². The summed E-state index contributed by atoms with van der Waals surface area (Å²) < 4.78 is 27.4. The summed E-state index contributed by atoms with van der Waals surface area (Å²) in [5, 5.41) is 6.07. The fourth-order valence-corrected chi connectivity index (χ4v) is 2.69. The molecule has 1 aromatic heterocycles. The molecule has 0 bridgehead atoms. The third kappa shape index (κ3) is 6.25. The Labute approximate surface area is 169 Å². The number of carbonyl (C=O) groups is 1. The minimum Gasteiger partial charge on any atom is -0.494 e. The molecule has 0 unspecified atom stereocenters. The number of rotatable bonds is 10. The number of benzene rings is 1. The van der Waals surface area contributed by atoms with E-state index in [0.717, 1.165) is 0 Å². The van der Waals surface area contributed by atoms with Crippen molar-refractivity contribution in [3.63, 3.8) is 0 Å². The van der Waals surface area contributed by atoms with Gasteiger partial charge in [-0.2, -0.15) is 0 Å². The fourth-order valence-electron chi connectivity index (χ4n) is 2.24. The van der Waals surface area contributed by atoms with Gasteiger partial charge in [0.1, 0.15) is 16.8 Å². The van der Waals surface area contributed by atoms with Gasteiger partial charge in [-0.25, -0.2) is 18.9 Å². The third-order valence-corrected chi connectivity index (χ3v) is 4.02. The predicted molar refractivity (Wildman–Crippen MR) is 108 cm³/mol. The van der Waals surface area contributed by atoms with Gasteiger partial charge in [0.2, 0.25) is 0 Å². The van der Waals surface area contributed by atoms with Gasteiger partial charge in [-0.1, -0.05) is 11.6 Å². The normalized spacial score (nSPS) is 10.6. The summed E-state index contributed by atoms with van der Waals surface area (Å²) >= 11 is 5.97. The van der Waals surface area contributed by atoms with E-state index in [9.17, 15) is 13.2 Å². The minimum absolute atomic E-state index is 0.179. The Hall–Kier alpha value is -2.56. The van der Waals surface area contributed by atoms with Crippen molar-refractivity contribution < 1.29 is 22.8 Å². The lowest BCUT2D eigenvalue weighted by atomic mass is 10.2. The molecule has 2 aromatic rings. The maximum atomic E-state index is 12.3. The number of thiol groups is 1. The number of aromatic nitrogens is 1. The lowest BCUT2D eigenvalue weighted by Gasteiger charge is -2.16. The van der Waals surface area contributed by atoms with Crippen molar-refractivity contribution in [1.29, 1.82) is 0 Å². The van der Waals surface area contributed by atoms with Gasteiger partial charge < -0.3 is 15.4 Å². The minimum atomic E-state index is -2.63. The van der Waals surface area contributed by atoms with Gasteiger partial charge in [-0.05, 0) is 32.0 Å². The zero-order valence-electron chi connectivity index (χ0n) is 15.3. The van der Waals surface area contributed by atoms with E-state index in [1.165, 1.54) is 12.3 Å². The number of nitrogens with one attached hydrogen (secondary N) is 3. The first-order chi connectivity index (χ1) is 13.4. The molecule has 0 aliphatic carbocycles. The monoisotopic (exact) mass is 428 g/mol. The molecule has 0 fully saturated rings. The van der Waals surface area contributed by atoms with Crippen LogP contribution in [0.5, 0.6) is 5.75 Å². The van der Waals surface area contributed by atoms with Gasteiger partial charge in [0.05, 0.1) is 35.8 Å². The van der Waals surface area contributed by atoms with Crippen LogP contribution in [0.1, 0.15) is 24.2 Å². The van der Waals surface area contributed by atoms with Crippen LogP contribution in [0.25, 0.3) is 0 Å². The smallest absolute Gasteiger partial charge is 0.278 e. The summed E-state index contributed by atoms with van der Waals surface area (Å²) in [5.74, 6) is -0.190. The van der Waals surface area contributed by atoms with E-state index in [1.54, 1.807) is 25.1 Å². The van der Waals surface area contributed by atoms with E-state index in [-0.39, 0.29) is 16.6 Å². The second-order valence-corrected chi connectivity index (χ2v) is 6.72. The van der Waals surface area contributed by atoms with Gasteiger partial charge in [0, 0.05) is 12.3 Å². The lowest BCUT2D eigenvalue weighted by molar-refractivity contribution is 0.0365. The highest BCUT2D eigenvalue weighted by Gasteiger charge is 2.15. The number of hydrogen-bond acceptors (Lipinski definition) is 8. The molecule has 0 aliphatic rings. The zero-order chi connectivity index (χ0) is 20.5. The Bertz CT molecular complexity index is 899.